The topological polar surface area (TPSA) is 87.6 Å². The molecule has 7 heteroatoms. The fourth-order valence-electron chi connectivity index (χ4n) is 3.85. The van der Waals surface area contributed by atoms with Crippen molar-refractivity contribution in [3.63, 3.8) is 0 Å². The van der Waals surface area contributed by atoms with Gasteiger partial charge >= 0.3 is 5.69 Å². The van der Waals surface area contributed by atoms with Gasteiger partial charge in [-0.1, -0.05) is 42.5 Å². The average Bonchev–Trinajstić information content (AvgIpc) is 2.78. The molecule has 0 fully saturated rings. The zero-order valence-electron chi connectivity index (χ0n) is 16.9. The number of aliphatic hydroxyl groups is 1. The van der Waals surface area contributed by atoms with Gasteiger partial charge in [-0.25, -0.2) is 4.79 Å². The largest absolute Gasteiger partial charge is 0.497 e. The number of aromatic nitrogens is 2. The molecule has 2 aromatic carbocycles. The molecule has 0 bridgehead atoms. The minimum absolute atomic E-state index is 0.105. The fourth-order valence-corrected chi connectivity index (χ4v) is 3.85. The van der Waals surface area contributed by atoms with Gasteiger partial charge in [0.25, 0.3) is 5.56 Å². The van der Waals surface area contributed by atoms with E-state index in [1.165, 1.54) is 5.56 Å². The smallest absolute Gasteiger partial charge is 0.328 e. The number of H-pyrrole nitrogens is 1. The van der Waals surface area contributed by atoms with Crippen molar-refractivity contribution in [3.8, 4) is 5.75 Å². The maximum absolute atomic E-state index is 13.1. The van der Waals surface area contributed by atoms with Crippen LogP contribution < -0.4 is 16.0 Å². The van der Waals surface area contributed by atoms with Crippen LogP contribution in [0.3, 0.4) is 0 Å². The molecule has 1 unspecified atom stereocenters. The van der Waals surface area contributed by atoms with E-state index in [1.54, 1.807) is 31.4 Å². The van der Waals surface area contributed by atoms with Crippen LogP contribution in [-0.2, 0) is 26.1 Å². The Balaban J connectivity index is 1.56. The molecule has 0 saturated heterocycles. The number of aromatic amines is 1. The number of hydrogen-bond donors (Lipinski definition) is 2. The van der Waals surface area contributed by atoms with E-state index in [0.29, 0.717) is 35.5 Å². The number of nitrogens with one attached hydrogen (secondary N) is 1. The summed E-state index contributed by atoms with van der Waals surface area (Å²) in [7, 11) is 1.57. The van der Waals surface area contributed by atoms with Crippen molar-refractivity contribution in [2.24, 2.45) is 0 Å². The van der Waals surface area contributed by atoms with Crippen LogP contribution >= 0.6 is 0 Å². The maximum Gasteiger partial charge on any atom is 0.328 e. The molecule has 30 heavy (non-hydrogen) atoms. The summed E-state index contributed by atoms with van der Waals surface area (Å²) < 4.78 is 6.22. The molecule has 156 valence electrons. The van der Waals surface area contributed by atoms with Gasteiger partial charge in [0, 0.05) is 31.7 Å². The highest BCUT2D eigenvalue weighted by molar-refractivity contribution is 5.28. The van der Waals surface area contributed by atoms with E-state index in [0.717, 1.165) is 17.7 Å². The summed E-state index contributed by atoms with van der Waals surface area (Å²) in [5.74, 6) is 0.674. The fraction of sp³-hybridized carbons (Fsp3) is 0.304. The predicted octanol–water partition coefficient (Wildman–Crippen LogP) is 1.84. The van der Waals surface area contributed by atoms with Gasteiger partial charge in [-0.3, -0.25) is 14.3 Å². The zero-order valence-corrected chi connectivity index (χ0v) is 16.9. The molecule has 0 saturated carbocycles. The number of nitrogens with zero attached hydrogens (tertiary/aromatic N) is 2. The van der Waals surface area contributed by atoms with E-state index in [9.17, 15) is 14.7 Å². The lowest BCUT2D eigenvalue weighted by molar-refractivity contribution is 0.152. The van der Waals surface area contributed by atoms with Gasteiger partial charge in [-0.2, -0.15) is 0 Å². The molecule has 3 aromatic rings. The number of fused-ring (bicyclic) bond motifs is 1. The van der Waals surface area contributed by atoms with Crippen LogP contribution in [0.2, 0.25) is 0 Å². The first kappa shape index (κ1) is 20.1. The number of methoxy groups -OCH3 is 1. The molecule has 0 radical (unpaired) electrons. The lowest BCUT2D eigenvalue weighted by Crippen LogP contribution is -2.44. The van der Waals surface area contributed by atoms with Gasteiger partial charge in [0.15, 0.2) is 0 Å². The van der Waals surface area contributed by atoms with E-state index in [1.807, 2.05) is 18.2 Å². The van der Waals surface area contributed by atoms with Crippen LogP contribution in [0, 0.1) is 0 Å². The summed E-state index contributed by atoms with van der Waals surface area (Å²) in [4.78, 5) is 30.6. The molecule has 7 nitrogen and oxygen atoms in total. The lowest BCUT2D eigenvalue weighted by Gasteiger charge is -2.28. The van der Waals surface area contributed by atoms with E-state index in [-0.39, 0.29) is 12.1 Å². The standard InChI is InChI=1S/C23H25N3O4/c1-30-18-9-7-17(8-10-18)21(27)15-26-22(28)19-14-25(12-11-20(19)24-23(26)29)13-16-5-3-2-4-6-16/h2-10,21,27H,11-15H2,1H3,(H,24,29). The second-order valence-electron chi connectivity index (χ2n) is 7.54. The number of aliphatic hydroxyl groups excluding tert-OH is 1. The highest BCUT2D eigenvalue weighted by atomic mass is 16.5. The van der Waals surface area contributed by atoms with Crippen LogP contribution in [-0.4, -0.2) is 33.2 Å². The number of benzene rings is 2. The molecule has 1 atom stereocenters. The SMILES string of the molecule is COc1ccc(C(O)Cn2c(=O)[nH]c3c(c2=O)CN(Cc2ccccc2)CC3)cc1. The van der Waals surface area contributed by atoms with Gasteiger partial charge in [0.1, 0.15) is 5.75 Å². The van der Waals surface area contributed by atoms with Gasteiger partial charge in [-0.05, 0) is 23.3 Å². The third-order valence-electron chi connectivity index (χ3n) is 5.54. The van der Waals surface area contributed by atoms with Crippen molar-refractivity contribution < 1.29 is 9.84 Å². The highest BCUT2D eigenvalue weighted by Gasteiger charge is 2.23. The van der Waals surface area contributed by atoms with E-state index >= 15 is 0 Å². The molecule has 4 rings (SSSR count). The maximum atomic E-state index is 13.1. The highest BCUT2D eigenvalue weighted by Crippen LogP contribution is 2.19. The molecule has 2 heterocycles. The van der Waals surface area contributed by atoms with Gasteiger partial charge in [0.05, 0.1) is 25.3 Å². The quantitative estimate of drug-likeness (QED) is 0.651. The summed E-state index contributed by atoms with van der Waals surface area (Å²) in [6.07, 6.45) is -0.356. The molecule has 2 N–H and O–H groups in total. The van der Waals surface area contributed by atoms with E-state index in [4.69, 9.17) is 4.74 Å². The summed E-state index contributed by atoms with van der Waals surface area (Å²) in [5.41, 5.74) is 2.27. The second-order valence-corrected chi connectivity index (χ2v) is 7.54. The zero-order chi connectivity index (χ0) is 21.1. The third-order valence-corrected chi connectivity index (χ3v) is 5.54. The molecule has 0 spiro atoms. The van der Waals surface area contributed by atoms with Crippen molar-refractivity contribution in [3.05, 3.63) is 97.8 Å². The molecule has 0 aliphatic carbocycles. The molecule has 1 aliphatic heterocycles. The normalized spacial score (nSPS) is 14.9. The van der Waals surface area contributed by atoms with Crippen LogP contribution in [0.25, 0.3) is 0 Å². The Morgan fingerprint density at radius 2 is 1.83 bits per heavy atom. The molecule has 1 aromatic heterocycles. The Kier molecular flexibility index (Phi) is 5.83. The van der Waals surface area contributed by atoms with Crippen molar-refractivity contribution in [2.45, 2.75) is 32.2 Å². The van der Waals surface area contributed by atoms with Crippen LogP contribution in [0.5, 0.6) is 5.75 Å². The number of rotatable bonds is 6. The molecule has 0 amide bonds. The number of ether oxygens (including phenoxy) is 1. The summed E-state index contributed by atoms with van der Waals surface area (Å²) in [5, 5.41) is 10.6. The Hall–Kier alpha value is -3.16. The van der Waals surface area contributed by atoms with Crippen molar-refractivity contribution >= 4 is 0 Å². The minimum Gasteiger partial charge on any atom is -0.497 e. The predicted molar refractivity (Wildman–Crippen MR) is 114 cm³/mol. The van der Waals surface area contributed by atoms with Gasteiger partial charge in [-0.15, -0.1) is 0 Å². The van der Waals surface area contributed by atoms with Crippen LogP contribution in [0.15, 0.2) is 64.2 Å². The third kappa shape index (κ3) is 4.22. The Morgan fingerprint density at radius 3 is 2.53 bits per heavy atom. The van der Waals surface area contributed by atoms with Crippen molar-refractivity contribution in [1.29, 1.82) is 0 Å². The Bertz CT molecular complexity index is 1120. The number of hydrogen-bond acceptors (Lipinski definition) is 5. The summed E-state index contributed by atoms with van der Waals surface area (Å²) in [6, 6.07) is 17.0. The lowest BCUT2D eigenvalue weighted by atomic mass is 10.1. The summed E-state index contributed by atoms with van der Waals surface area (Å²) >= 11 is 0. The Labute approximate surface area is 174 Å². The molecule has 1 aliphatic rings. The minimum atomic E-state index is -0.975. The van der Waals surface area contributed by atoms with E-state index < -0.39 is 11.8 Å². The van der Waals surface area contributed by atoms with Crippen molar-refractivity contribution in [1.82, 2.24) is 14.5 Å². The first-order valence-electron chi connectivity index (χ1n) is 9.98. The monoisotopic (exact) mass is 407 g/mol. The first-order valence-corrected chi connectivity index (χ1v) is 9.98. The molecular weight excluding hydrogens is 382 g/mol. The van der Waals surface area contributed by atoms with Crippen LogP contribution in [0.4, 0.5) is 0 Å². The van der Waals surface area contributed by atoms with Gasteiger partial charge < -0.3 is 14.8 Å². The van der Waals surface area contributed by atoms with E-state index in [2.05, 4.69) is 22.0 Å². The average molecular weight is 407 g/mol. The van der Waals surface area contributed by atoms with Crippen molar-refractivity contribution in [2.75, 3.05) is 13.7 Å². The second kappa shape index (κ2) is 8.69. The van der Waals surface area contributed by atoms with Crippen LogP contribution in [0.1, 0.15) is 28.5 Å². The Morgan fingerprint density at radius 1 is 1.10 bits per heavy atom. The summed E-state index contributed by atoms with van der Waals surface area (Å²) in [6.45, 7) is 1.88. The molecular formula is C23H25N3O4. The first-order chi connectivity index (χ1) is 14.5. The van der Waals surface area contributed by atoms with Gasteiger partial charge in [0.2, 0.25) is 0 Å².